The van der Waals surface area contributed by atoms with Crippen molar-refractivity contribution in [1.82, 2.24) is 15.1 Å². The standard InChI is InChI=1S/C24H31ClFN3O4/c1-2-29(23(32)33)24(14-27-13-18(24)17-6-7-19(25)20(26)12-17)21(30)15-8-10-28(11-9-15)22(31)16-4-3-5-16/h6-7,12,15-16,18,27H,2-5,8-11,13-14H2,1H3,(H,32,33)/t18-,24+/m0/s1. The fourth-order valence-corrected chi connectivity index (χ4v) is 5.83. The highest BCUT2D eigenvalue weighted by molar-refractivity contribution is 6.30. The molecule has 7 nitrogen and oxygen atoms in total. The van der Waals surface area contributed by atoms with Crippen LogP contribution in [-0.2, 0) is 9.59 Å². The normalized spacial score (nSPS) is 26.2. The molecule has 2 atom stereocenters. The fraction of sp³-hybridized carbons (Fsp3) is 0.625. The minimum absolute atomic E-state index is 0.0179. The van der Waals surface area contributed by atoms with Crippen LogP contribution in [0.15, 0.2) is 18.2 Å². The summed E-state index contributed by atoms with van der Waals surface area (Å²) in [6.45, 7) is 3.39. The lowest BCUT2D eigenvalue weighted by Crippen LogP contribution is -2.63. The van der Waals surface area contributed by atoms with Crippen LogP contribution in [0, 0.1) is 17.7 Å². The molecule has 2 aliphatic heterocycles. The van der Waals surface area contributed by atoms with Gasteiger partial charge in [-0.3, -0.25) is 14.5 Å². The zero-order chi connectivity index (χ0) is 23.8. The zero-order valence-electron chi connectivity index (χ0n) is 18.9. The number of halogens is 2. The van der Waals surface area contributed by atoms with E-state index in [1.807, 2.05) is 4.90 Å². The number of nitrogens with one attached hydrogen (secondary N) is 1. The molecule has 1 aromatic rings. The summed E-state index contributed by atoms with van der Waals surface area (Å²) in [5.74, 6) is -1.34. The Balaban J connectivity index is 1.61. The Labute approximate surface area is 198 Å². The summed E-state index contributed by atoms with van der Waals surface area (Å²) >= 11 is 5.86. The number of carbonyl (C=O) groups excluding carboxylic acids is 2. The minimum atomic E-state index is -1.34. The second-order valence-corrected chi connectivity index (χ2v) is 9.81. The number of hydrogen-bond acceptors (Lipinski definition) is 4. The van der Waals surface area contributed by atoms with Crippen LogP contribution < -0.4 is 5.32 Å². The van der Waals surface area contributed by atoms with Crippen LogP contribution in [0.2, 0.25) is 5.02 Å². The Morgan fingerprint density at radius 3 is 2.45 bits per heavy atom. The Hall–Kier alpha value is -2.19. The molecule has 2 heterocycles. The molecule has 0 bridgehead atoms. The van der Waals surface area contributed by atoms with E-state index in [0.717, 1.165) is 19.3 Å². The van der Waals surface area contributed by atoms with E-state index in [4.69, 9.17) is 11.6 Å². The van der Waals surface area contributed by atoms with E-state index in [0.29, 0.717) is 38.0 Å². The molecule has 33 heavy (non-hydrogen) atoms. The first-order valence-electron chi connectivity index (χ1n) is 11.8. The van der Waals surface area contributed by atoms with Gasteiger partial charge in [0.1, 0.15) is 11.4 Å². The van der Waals surface area contributed by atoms with Crippen LogP contribution in [0.1, 0.15) is 50.5 Å². The number of carbonyl (C=O) groups is 3. The highest BCUT2D eigenvalue weighted by Gasteiger charge is 2.57. The van der Waals surface area contributed by atoms with Crippen molar-refractivity contribution in [1.29, 1.82) is 0 Å². The Morgan fingerprint density at radius 2 is 1.91 bits per heavy atom. The number of hydrogen-bond donors (Lipinski definition) is 2. The first-order chi connectivity index (χ1) is 15.8. The topological polar surface area (TPSA) is 90.0 Å². The van der Waals surface area contributed by atoms with E-state index in [1.54, 1.807) is 13.0 Å². The van der Waals surface area contributed by atoms with E-state index < -0.39 is 23.4 Å². The van der Waals surface area contributed by atoms with Gasteiger partial charge in [-0.05, 0) is 50.3 Å². The molecule has 0 spiro atoms. The molecular formula is C24H31ClFN3O4. The van der Waals surface area contributed by atoms with Crippen LogP contribution in [0.5, 0.6) is 0 Å². The Morgan fingerprint density at radius 1 is 1.21 bits per heavy atom. The number of likely N-dealkylation sites (N-methyl/N-ethyl adjacent to an activating group) is 1. The second-order valence-electron chi connectivity index (χ2n) is 9.40. The lowest BCUT2D eigenvalue weighted by Gasteiger charge is -2.45. The van der Waals surface area contributed by atoms with Crippen molar-refractivity contribution < 1.29 is 23.9 Å². The monoisotopic (exact) mass is 479 g/mol. The molecule has 4 rings (SSSR count). The van der Waals surface area contributed by atoms with Crippen molar-refractivity contribution in [3.63, 3.8) is 0 Å². The molecule has 1 aromatic carbocycles. The fourth-order valence-electron chi connectivity index (χ4n) is 5.71. The SMILES string of the molecule is CCN(C(=O)O)[C@]1(C(=O)C2CCN(C(=O)C3CCC3)CC2)CNC[C@H]1c1ccc(Cl)c(F)c1. The molecule has 2 saturated heterocycles. The summed E-state index contributed by atoms with van der Waals surface area (Å²) in [5.41, 5.74) is -0.793. The van der Waals surface area contributed by atoms with Crippen LogP contribution in [0.25, 0.3) is 0 Å². The smallest absolute Gasteiger partial charge is 0.408 e. The maximum atomic E-state index is 14.3. The molecule has 0 aromatic heterocycles. The third-order valence-corrected chi connectivity index (χ3v) is 8.06. The largest absolute Gasteiger partial charge is 0.465 e. The van der Waals surface area contributed by atoms with Gasteiger partial charge < -0.3 is 15.3 Å². The lowest BCUT2D eigenvalue weighted by molar-refractivity contribution is -0.143. The first kappa shape index (κ1) is 24.0. The number of carboxylic acid groups (broad SMARTS) is 1. The van der Waals surface area contributed by atoms with E-state index in [9.17, 15) is 23.9 Å². The summed E-state index contributed by atoms with van der Waals surface area (Å²) in [5, 5.41) is 13.2. The molecule has 1 aliphatic carbocycles. The summed E-state index contributed by atoms with van der Waals surface area (Å²) in [6.07, 6.45) is 2.82. The number of likely N-dealkylation sites (tertiary alicyclic amines) is 1. The molecule has 180 valence electrons. The van der Waals surface area contributed by atoms with Gasteiger partial charge in [-0.15, -0.1) is 0 Å². The van der Waals surface area contributed by atoms with Crippen molar-refractivity contribution >= 4 is 29.4 Å². The number of rotatable bonds is 6. The van der Waals surface area contributed by atoms with Gasteiger partial charge in [-0.25, -0.2) is 9.18 Å². The van der Waals surface area contributed by atoms with E-state index in [1.165, 1.54) is 17.0 Å². The van der Waals surface area contributed by atoms with Crippen LogP contribution >= 0.6 is 11.6 Å². The summed E-state index contributed by atoms with van der Waals surface area (Å²) < 4.78 is 14.3. The number of Topliss-reactive ketones (excluding diaryl/α,β-unsaturated/α-hetero) is 1. The molecule has 1 saturated carbocycles. The summed E-state index contributed by atoms with van der Waals surface area (Å²) in [6, 6.07) is 4.42. The number of piperidine rings is 1. The van der Waals surface area contributed by atoms with E-state index >= 15 is 0 Å². The van der Waals surface area contributed by atoms with Crippen LogP contribution in [-0.4, -0.2) is 71.0 Å². The van der Waals surface area contributed by atoms with Gasteiger partial charge in [0.05, 0.1) is 5.02 Å². The predicted molar refractivity (Wildman–Crippen MR) is 122 cm³/mol. The summed E-state index contributed by atoms with van der Waals surface area (Å²) in [4.78, 5) is 42.0. The van der Waals surface area contributed by atoms with Crippen LogP contribution in [0.4, 0.5) is 9.18 Å². The zero-order valence-corrected chi connectivity index (χ0v) is 19.6. The highest BCUT2D eigenvalue weighted by atomic mass is 35.5. The lowest BCUT2D eigenvalue weighted by atomic mass is 9.71. The number of amides is 2. The first-order valence-corrected chi connectivity index (χ1v) is 12.2. The van der Waals surface area contributed by atoms with Gasteiger partial charge in [-0.1, -0.05) is 24.1 Å². The van der Waals surface area contributed by atoms with Crippen molar-refractivity contribution in [2.45, 2.75) is 50.5 Å². The Bertz CT molecular complexity index is 932. The molecule has 2 amide bonds. The van der Waals surface area contributed by atoms with Crippen molar-refractivity contribution in [2.24, 2.45) is 11.8 Å². The molecule has 3 fully saturated rings. The molecule has 0 radical (unpaired) electrons. The van der Waals surface area contributed by atoms with Gasteiger partial charge in [0.2, 0.25) is 5.91 Å². The minimum Gasteiger partial charge on any atom is -0.465 e. The van der Waals surface area contributed by atoms with Gasteiger partial charge in [0.15, 0.2) is 5.78 Å². The quantitative estimate of drug-likeness (QED) is 0.651. The molecule has 2 N–H and O–H groups in total. The molecule has 3 aliphatic rings. The van der Waals surface area contributed by atoms with E-state index in [-0.39, 0.29) is 41.6 Å². The highest BCUT2D eigenvalue weighted by Crippen LogP contribution is 2.42. The van der Waals surface area contributed by atoms with Crippen molar-refractivity contribution in [3.8, 4) is 0 Å². The average Bonchev–Trinajstić information content (AvgIpc) is 3.20. The maximum absolute atomic E-state index is 14.3. The van der Waals surface area contributed by atoms with Gasteiger partial charge >= 0.3 is 6.09 Å². The van der Waals surface area contributed by atoms with Gasteiger partial charge in [-0.2, -0.15) is 0 Å². The third-order valence-electron chi connectivity index (χ3n) is 7.75. The van der Waals surface area contributed by atoms with Gasteiger partial charge in [0, 0.05) is 50.5 Å². The summed E-state index contributed by atoms with van der Waals surface area (Å²) in [7, 11) is 0. The third kappa shape index (κ3) is 4.23. The average molecular weight is 480 g/mol. The number of ketones is 1. The maximum Gasteiger partial charge on any atom is 0.408 e. The van der Waals surface area contributed by atoms with Crippen molar-refractivity contribution in [3.05, 3.63) is 34.6 Å². The number of nitrogens with zero attached hydrogens (tertiary/aromatic N) is 2. The molecule has 9 heteroatoms. The molecule has 0 unspecified atom stereocenters. The Kier molecular flexibility index (Phi) is 6.96. The molecular weight excluding hydrogens is 449 g/mol. The van der Waals surface area contributed by atoms with E-state index in [2.05, 4.69) is 5.32 Å². The second kappa shape index (κ2) is 9.58. The van der Waals surface area contributed by atoms with Crippen molar-refractivity contribution in [2.75, 3.05) is 32.7 Å². The van der Waals surface area contributed by atoms with Gasteiger partial charge in [0.25, 0.3) is 0 Å². The van der Waals surface area contributed by atoms with Crippen LogP contribution in [0.3, 0.4) is 0 Å². The number of benzene rings is 1. The predicted octanol–water partition coefficient (Wildman–Crippen LogP) is 3.51.